The zero-order valence-electron chi connectivity index (χ0n) is 13.9. The molecule has 7 heteroatoms. The van der Waals surface area contributed by atoms with Crippen LogP contribution >= 0.6 is 0 Å². The van der Waals surface area contributed by atoms with Gasteiger partial charge in [-0.1, -0.05) is 18.2 Å². The quantitative estimate of drug-likeness (QED) is 0.868. The van der Waals surface area contributed by atoms with Gasteiger partial charge in [0.15, 0.2) is 0 Å². The molecule has 1 aromatic carbocycles. The smallest absolute Gasteiger partial charge is 0.396 e. The topological polar surface area (TPSA) is 52.1 Å². The minimum Gasteiger partial charge on any atom is -0.396 e. The van der Waals surface area contributed by atoms with Gasteiger partial charge in [0, 0.05) is 25.0 Å². The number of hydrogen-bond acceptors (Lipinski definition) is 3. The number of halogens is 3. The van der Waals surface area contributed by atoms with Crippen LogP contribution in [0.25, 0.3) is 0 Å². The van der Waals surface area contributed by atoms with Gasteiger partial charge in [-0.15, -0.1) is 0 Å². The molecule has 0 aliphatic carbocycles. The minimum atomic E-state index is -4.34. The highest BCUT2D eigenvalue weighted by Crippen LogP contribution is 2.36. The van der Waals surface area contributed by atoms with Gasteiger partial charge in [-0.05, 0) is 55.5 Å². The summed E-state index contributed by atoms with van der Waals surface area (Å²) in [5.41, 5.74) is 0.685. The highest BCUT2D eigenvalue weighted by Gasteiger charge is 2.35. The Morgan fingerprint density at radius 2 is 1.96 bits per heavy atom. The van der Waals surface area contributed by atoms with Crippen LogP contribution in [0.2, 0.25) is 0 Å². The van der Waals surface area contributed by atoms with Crippen molar-refractivity contribution in [3.05, 3.63) is 53.3 Å². The van der Waals surface area contributed by atoms with Crippen molar-refractivity contribution in [1.82, 2.24) is 15.1 Å². The molecule has 1 aliphatic rings. The number of rotatable bonds is 5. The van der Waals surface area contributed by atoms with Crippen LogP contribution in [0, 0.1) is 5.41 Å². The monoisotopic (exact) mass is 353 g/mol. The van der Waals surface area contributed by atoms with Crippen molar-refractivity contribution in [2.24, 2.45) is 5.41 Å². The second-order valence-corrected chi connectivity index (χ2v) is 6.89. The summed E-state index contributed by atoms with van der Waals surface area (Å²) in [5, 5.41) is 16.8. The van der Waals surface area contributed by atoms with E-state index in [4.69, 9.17) is 0 Å². The van der Waals surface area contributed by atoms with Crippen molar-refractivity contribution in [3.63, 3.8) is 0 Å². The van der Waals surface area contributed by atoms with Gasteiger partial charge in [0.05, 0.1) is 5.56 Å². The number of piperidine rings is 1. The molecule has 3 rings (SSSR count). The van der Waals surface area contributed by atoms with Crippen LogP contribution in [0.3, 0.4) is 0 Å². The number of likely N-dealkylation sites (tertiary alicyclic amines) is 1. The van der Waals surface area contributed by atoms with E-state index >= 15 is 0 Å². The molecular weight excluding hydrogens is 331 g/mol. The standard InChI is InChI=1S/C18H22F3N3O/c19-18(20,21)15-3-1-2-14(10-15)11-17(13-25)5-8-24(9-6-17)12-16-4-7-22-23-16/h1-4,7,10,25H,5-6,8-9,11-13H2,(H,22,23). The third-order valence-electron chi connectivity index (χ3n) is 5.04. The summed E-state index contributed by atoms with van der Waals surface area (Å²) in [6, 6.07) is 7.37. The van der Waals surface area contributed by atoms with Gasteiger partial charge >= 0.3 is 6.18 Å². The zero-order chi connectivity index (χ0) is 17.9. The summed E-state index contributed by atoms with van der Waals surface area (Å²) in [6.07, 6.45) is -0.645. The lowest BCUT2D eigenvalue weighted by atomic mass is 9.74. The molecule has 4 nitrogen and oxygen atoms in total. The molecule has 1 aliphatic heterocycles. The number of aromatic amines is 1. The molecular formula is C18H22F3N3O. The Kier molecular flexibility index (Phi) is 5.15. The van der Waals surface area contributed by atoms with Crippen LogP contribution in [0.15, 0.2) is 36.5 Å². The van der Waals surface area contributed by atoms with Crippen LogP contribution < -0.4 is 0 Å². The first-order chi connectivity index (χ1) is 11.9. The molecule has 0 unspecified atom stereocenters. The number of H-pyrrole nitrogens is 1. The number of nitrogens with zero attached hydrogens (tertiary/aromatic N) is 2. The molecule has 0 saturated carbocycles. The SMILES string of the molecule is OCC1(Cc2cccc(C(F)(F)F)c2)CCN(Cc2ccn[nH]2)CC1. The van der Waals surface area contributed by atoms with E-state index in [1.165, 1.54) is 12.1 Å². The number of aliphatic hydroxyl groups excluding tert-OH is 1. The van der Waals surface area contributed by atoms with E-state index in [0.717, 1.165) is 44.2 Å². The van der Waals surface area contributed by atoms with Crippen LogP contribution in [-0.2, 0) is 19.1 Å². The van der Waals surface area contributed by atoms with Gasteiger partial charge in [-0.2, -0.15) is 18.3 Å². The van der Waals surface area contributed by atoms with Crippen LogP contribution in [0.4, 0.5) is 13.2 Å². The van der Waals surface area contributed by atoms with Crippen molar-refractivity contribution in [3.8, 4) is 0 Å². The Balaban J connectivity index is 1.65. The lowest BCUT2D eigenvalue weighted by Crippen LogP contribution is -2.43. The summed E-state index contributed by atoms with van der Waals surface area (Å²) >= 11 is 0. The molecule has 2 N–H and O–H groups in total. The summed E-state index contributed by atoms with van der Waals surface area (Å²) < 4.78 is 38.7. The molecule has 1 saturated heterocycles. The normalized spacial score (nSPS) is 18.4. The van der Waals surface area contributed by atoms with Crippen molar-refractivity contribution >= 4 is 0 Å². The maximum absolute atomic E-state index is 12.9. The van der Waals surface area contributed by atoms with Crippen molar-refractivity contribution in [2.45, 2.75) is 32.0 Å². The zero-order valence-corrected chi connectivity index (χ0v) is 13.9. The largest absolute Gasteiger partial charge is 0.416 e. The maximum atomic E-state index is 12.9. The molecule has 0 radical (unpaired) electrons. The van der Waals surface area contributed by atoms with Gasteiger partial charge in [-0.25, -0.2) is 0 Å². The Morgan fingerprint density at radius 3 is 2.56 bits per heavy atom. The maximum Gasteiger partial charge on any atom is 0.416 e. The molecule has 1 aromatic heterocycles. The fourth-order valence-electron chi connectivity index (χ4n) is 3.48. The Bertz CT molecular complexity index is 677. The summed E-state index contributed by atoms with van der Waals surface area (Å²) in [5.74, 6) is 0. The number of aliphatic hydroxyl groups is 1. The lowest BCUT2D eigenvalue weighted by Gasteiger charge is -2.41. The molecule has 136 valence electrons. The highest BCUT2D eigenvalue weighted by atomic mass is 19.4. The van der Waals surface area contributed by atoms with Crippen molar-refractivity contribution < 1.29 is 18.3 Å². The Labute approximate surface area is 144 Å². The van der Waals surface area contributed by atoms with E-state index in [-0.39, 0.29) is 12.0 Å². The number of benzene rings is 1. The third-order valence-corrected chi connectivity index (χ3v) is 5.04. The van der Waals surface area contributed by atoms with Crippen LogP contribution in [0.1, 0.15) is 29.7 Å². The van der Waals surface area contributed by atoms with E-state index in [9.17, 15) is 18.3 Å². The molecule has 2 heterocycles. The Morgan fingerprint density at radius 1 is 1.20 bits per heavy atom. The van der Waals surface area contributed by atoms with Crippen molar-refractivity contribution in [2.75, 3.05) is 19.7 Å². The summed E-state index contributed by atoms with van der Waals surface area (Å²) in [6.45, 7) is 2.36. The molecule has 0 atom stereocenters. The van der Waals surface area contributed by atoms with Gasteiger partial charge in [-0.3, -0.25) is 10.00 Å². The van der Waals surface area contributed by atoms with Crippen LogP contribution in [-0.4, -0.2) is 39.9 Å². The minimum absolute atomic E-state index is 0.0128. The third kappa shape index (κ3) is 4.41. The molecule has 1 fully saturated rings. The van der Waals surface area contributed by atoms with Gasteiger partial charge in [0.25, 0.3) is 0 Å². The first-order valence-corrected chi connectivity index (χ1v) is 8.38. The average Bonchev–Trinajstić information content (AvgIpc) is 3.09. The van der Waals surface area contributed by atoms with E-state index < -0.39 is 11.7 Å². The summed E-state index contributed by atoms with van der Waals surface area (Å²) in [4.78, 5) is 2.27. The fourth-order valence-corrected chi connectivity index (χ4v) is 3.48. The first-order valence-electron chi connectivity index (χ1n) is 8.38. The van der Waals surface area contributed by atoms with Gasteiger partial charge in [0.2, 0.25) is 0 Å². The van der Waals surface area contributed by atoms with Gasteiger partial charge < -0.3 is 5.11 Å². The second-order valence-electron chi connectivity index (χ2n) is 6.89. The van der Waals surface area contributed by atoms with E-state index in [0.29, 0.717) is 12.0 Å². The lowest BCUT2D eigenvalue weighted by molar-refractivity contribution is -0.137. The molecule has 0 bridgehead atoms. The fraction of sp³-hybridized carbons (Fsp3) is 0.500. The summed E-state index contributed by atoms with van der Waals surface area (Å²) in [7, 11) is 0. The molecule has 0 spiro atoms. The number of alkyl halides is 3. The second kappa shape index (κ2) is 7.17. The highest BCUT2D eigenvalue weighted by molar-refractivity contribution is 5.26. The molecule has 25 heavy (non-hydrogen) atoms. The van der Waals surface area contributed by atoms with E-state index in [1.54, 1.807) is 12.3 Å². The van der Waals surface area contributed by atoms with Gasteiger partial charge in [0.1, 0.15) is 0 Å². The number of nitrogens with one attached hydrogen (secondary N) is 1. The van der Waals surface area contributed by atoms with E-state index in [1.807, 2.05) is 6.07 Å². The Hall–Kier alpha value is -1.86. The number of hydrogen-bond donors (Lipinski definition) is 2. The first kappa shape index (κ1) is 17.9. The number of aromatic nitrogens is 2. The van der Waals surface area contributed by atoms with E-state index in [2.05, 4.69) is 15.1 Å². The van der Waals surface area contributed by atoms with Crippen molar-refractivity contribution in [1.29, 1.82) is 0 Å². The van der Waals surface area contributed by atoms with Crippen LogP contribution in [0.5, 0.6) is 0 Å². The molecule has 0 amide bonds. The predicted molar refractivity (Wildman–Crippen MR) is 87.8 cm³/mol. The molecule has 2 aromatic rings. The predicted octanol–water partition coefficient (Wildman–Crippen LogP) is 3.25. The average molecular weight is 353 g/mol.